The first-order chi connectivity index (χ1) is 9.56. The molecule has 10 heteroatoms. The number of rotatable bonds is 5. The average Bonchev–Trinajstić information content (AvgIpc) is 2.35. The second-order valence-corrected chi connectivity index (χ2v) is 5.61. The van der Waals surface area contributed by atoms with Gasteiger partial charge in [-0.05, 0) is 0 Å². The van der Waals surface area contributed by atoms with Crippen molar-refractivity contribution in [3.05, 3.63) is 17.7 Å². The maximum atomic E-state index is 13.1. The molecule has 1 rings (SSSR count). The van der Waals surface area contributed by atoms with Crippen LogP contribution in [0.3, 0.4) is 0 Å². The molecule has 0 heterocycles. The molecular weight excluding hydrogens is 315 g/mol. The predicted molar refractivity (Wildman–Crippen MR) is 68.0 cm³/mol. The highest BCUT2D eigenvalue weighted by Crippen LogP contribution is 2.47. The van der Waals surface area contributed by atoms with Crippen molar-refractivity contribution in [1.29, 1.82) is 0 Å². The third kappa shape index (κ3) is 3.70. The number of hydrogen-bond acceptors (Lipinski definition) is 5. The van der Waals surface area contributed by atoms with E-state index in [0.29, 0.717) is 0 Å². The summed E-state index contributed by atoms with van der Waals surface area (Å²) in [4.78, 5) is 0. The fourth-order valence-electron chi connectivity index (χ4n) is 1.81. The third-order valence-electron chi connectivity index (χ3n) is 2.64. The van der Waals surface area contributed by atoms with Crippen LogP contribution in [0.15, 0.2) is 12.1 Å². The summed E-state index contributed by atoms with van der Waals surface area (Å²) in [5.74, 6) is -0.576. The zero-order valence-electron chi connectivity index (χ0n) is 11.4. The number of benzene rings is 1. The van der Waals surface area contributed by atoms with E-state index in [-0.39, 0.29) is 17.2 Å². The first kappa shape index (κ1) is 17.4. The van der Waals surface area contributed by atoms with E-state index >= 15 is 0 Å². The molecule has 0 bridgehead atoms. The normalized spacial score (nSPS) is 13.7. The lowest BCUT2D eigenvalue weighted by atomic mass is 10.1. The standard InChI is InChI=1S/C11H14F3NO5S/c1-18-6-4-7(19-2)9(8(5-6)20-3)10(11(12,13)14)21(15,16)17/h4-5,10H,1-3H3,(H2,15,16,17). The largest absolute Gasteiger partial charge is 0.496 e. The molecule has 0 saturated carbocycles. The van der Waals surface area contributed by atoms with Gasteiger partial charge in [-0.1, -0.05) is 0 Å². The molecule has 0 aliphatic rings. The van der Waals surface area contributed by atoms with Crippen LogP contribution in [-0.2, 0) is 10.0 Å². The molecule has 6 nitrogen and oxygen atoms in total. The van der Waals surface area contributed by atoms with Gasteiger partial charge in [-0.25, -0.2) is 13.6 Å². The number of halogens is 3. The van der Waals surface area contributed by atoms with Crippen molar-refractivity contribution in [2.24, 2.45) is 5.14 Å². The lowest BCUT2D eigenvalue weighted by molar-refractivity contribution is -0.132. The number of ether oxygens (including phenoxy) is 3. The van der Waals surface area contributed by atoms with Gasteiger partial charge in [0.25, 0.3) is 0 Å². The van der Waals surface area contributed by atoms with E-state index in [2.05, 4.69) is 0 Å². The van der Waals surface area contributed by atoms with Crippen LogP contribution in [0.5, 0.6) is 17.2 Å². The minimum absolute atomic E-state index is 0.141. The van der Waals surface area contributed by atoms with Crippen molar-refractivity contribution in [2.45, 2.75) is 11.4 Å². The van der Waals surface area contributed by atoms with Crippen LogP contribution in [0.4, 0.5) is 13.2 Å². The monoisotopic (exact) mass is 329 g/mol. The van der Waals surface area contributed by atoms with E-state index in [4.69, 9.17) is 19.3 Å². The van der Waals surface area contributed by atoms with E-state index in [1.807, 2.05) is 0 Å². The van der Waals surface area contributed by atoms with Crippen LogP contribution < -0.4 is 19.3 Å². The van der Waals surface area contributed by atoms with Gasteiger partial charge < -0.3 is 14.2 Å². The maximum absolute atomic E-state index is 13.1. The average molecular weight is 329 g/mol. The summed E-state index contributed by atoms with van der Waals surface area (Å²) < 4.78 is 76.6. The summed E-state index contributed by atoms with van der Waals surface area (Å²) in [6, 6.07) is 2.23. The fraction of sp³-hybridized carbons (Fsp3) is 0.455. The van der Waals surface area contributed by atoms with Crippen LogP contribution in [0.1, 0.15) is 10.8 Å². The molecule has 0 aliphatic heterocycles. The number of primary sulfonamides is 1. The van der Waals surface area contributed by atoms with Gasteiger partial charge in [0.2, 0.25) is 15.3 Å². The highest BCUT2D eigenvalue weighted by Gasteiger charge is 2.51. The Morgan fingerprint density at radius 3 is 1.71 bits per heavy atom. The minimum Gasteiger partial charge on any atom is -0.496 e. The van der Waals surface area contributed by atoms with Gasteiger partial charge >= 0.3 is 6.18 Å². The van der Waals surface area contributed by atoms with E-state index in [9.17, 15) is 21.6 Å². The Morgan fingerprint density at radius 1 is 1.05 bits per heavy atom. The molecule has 0 spiro atoms. The first-order valence-electron chi connectivity index (χ1n) is 5.44. The molecule has 2 N–H and O–H groups in total. The molecule has 21 heavy (non-hydrogen) atoms. The van der Waals surface area contributed by atoms with E-state index in [1.54, 1.807) is 0 Å². The Balaban J connectivity index is 3.73. The molecule has 0 saturated heterocycles. The number of methoxy groups -OCH3 is 3. The van der Waals surface area contributed by atoms with Crippen LogP contribution in [0.2, 0.25) is 0 Å². The molecule has 0 aliphatic carbocycles. The third-order valence-corrected chi connectivity index (χ3v) is 3.80. The first-order valence-corrected chi connectivity index (χ1v) is 7.05. The number of sulfonamides is 1. The van der Waals surface area contributed by atoms with Crippen molar-refractivity contribution in [2.75, 3.05) is 21.3 Å². The molecule has 0 radical (unpaired) electrons. The van der Waals surface area contributed by atoms with Gasteiger partial charge in [-0.2, -0.15) is 13.2 Å². The molecule has 1 aromatic carbocycles. The van der Waals surface area contributed by atoms with Crippen molar-refractivity contribution >= 4 is 10.0 Å². The summed E-state index contributed by atoms with van der Waals surface area (Å²) in [5, 5.41) is 1.75. The van der Waals surface area contributed by atoms with Crippen LogP contribution >= 0.6 is 0 Å². The molecule has 1 aromatic rings. The van der Waals surface area contributed by atoms with Gasteiger partial charge in [-0.3, -0.25) is 0 Å². The Bertz CT molecular complexity index is 590. The summed E-state index contributed by atoms with van der Waals surface area (Å²) >= 11 is 0. The van der Waals surface area contributed by atoms with Crippen molar-refractivity contribution in [1.82, 2.24) is 0 Å². The van der Waals surface area contributed by atoms with Crippen LogP contribution in [-0.4, -0.2) is 35.9 Å². The van der Waals surface area contributed by atoms with Gasteiger partial charge in [-0.15, -0.1) is 0 Å². The summed E-state index contributed by atoms with van der Waals surface area (Å²) in [7, 11) is -1.52. The number of hydrogen-bond donors (Lipinski definition) is 1. The Hall–Kier alpha value is -1.68. The number of nitrogens with two attached hydrogens (primary N) is 1. The summed E-state index contributed by atoms with van der Waals surface area (Å²) in [6.07, 6.45) is -5.14. The van der Waals surface area contributed by atoms with Gasteiger partial charge in [0.05, 0.1) is 26.9 Å². The number of alkyl halides is 3. The Labute approximate surface area is 119 Å². The van der Waals surface area contributed by atoms with E-state index in [0.717, 1.165) is 26.4 Å². The maximum Gasteiger partial charge on any atom is 0.411 e. The quantitative estimate of drug-likeness (QED) is 0.886. The van der Waals surface area contributed by atoms with E-state index in [1.165, 1.54) is 7.11 Å². The molecule has 0 amide bonds. The van der Waals surface area contributed by atoms with Crippen LogP contribution in [0, 0.1) is 0 Å². The highest BCUT2D eigenvalue weighted by molar-refractivity contribution is 7.89. The van der Waals surface area contributed by atoms with Gasteiger partial charge in [0, 0.05) is 12.1 Å². The second-order valence-electron chi connectivity index (χ2n) is 3.96. The van der Waals surface area contributed by atoms with Crippen molar-refractivity contribution < 1.29 is 35.8 Å². The molecular formula is C11H14F3NO5S. The summed E-state index contributed by atoms with van der Waals surface area (Å²) in [5.41, 5.74) is -0.726. The molecule has 0 fully saturated rings. The van der Waals surface area contributed by atoms with Crippen molar-refractivity contribution in [3.63, 3.8) is 0 Å². The lowest BCUT2D eigenvalue weighted by Crippen LogP contribution is -2.34. The van der Waals surface area contributed by atoms with Gasteiger partial charge in [0.15, 0.2) is 0 Å². The fourth-order valence-corrected chi connectivity index (χ4v) is 2.74. The zero-order valence-corrected chi connectivity index (χ0v) is 12.2. The van der Waals surface area contributed by atoms with E-state index < -0.39 is 27.0 Å². The topological polar surface area (TPSA) is 87.9 Å². The Kier molecular flexibility index (Phi) is 4.95. The predicted octanol–water partition coefficient (Wildman–Crippen LogP) is 1.60. The SMILES string of the molecule is COc1cc(OC)c(C(C(F)(F)F)S(N)(=O)=O)c(OC)c1. The molecule has 1 atom stereocenters. The second kappa shape index (κ2) is 5.98. The van der Waals surface area contributed by atoms with Crippen molar-refractivity contribution in [3.8, 4) is 17.2 Å². The lowest BCUT2D eigenvalue weighted by Gasteiger charge is -2.23. The zero-order chi connectivity index (χ0) is 16.4. The van der Waals surface area contributed by atoms with Gasteiger partial charge in [0.1, 0.15) is 17.2 Å². The molecule has 120 valence electrons. The minimum atomic E-state index is -5.14. The summed E-state index contributed by atoms with van der Waals surface area (Å²) in [6.45, 7) is 0. The smallest absolute Gasteiger partial charge is 0.411 e. The molecule has 1 unspecified atom stereocenters. The van der Waals surface area contributed by atoms with Crippen LogP contribution in [0.25, 0.3) is 0 Å². The molecule has 0 aromatic heterocycles. The Morgan fingerprint density at radius 2 is 1.48 bits per heavy atom. The highest BCUT2D eigenvalue weighted by atomic mass is 32.2.